The lowest BCUT2D eigenvalue weighted by atomic mass is 9.88. The van der Waals surface area contributed by atoms with Crippen molar-refractivity contribution in [3.63, 3.8) is 0 Å². The lowest BCUT2D eigenvalue weighted by Crippen LogP contribution is -2.33. The molecule has 0 radical (unpaired) electrons. The van der Waals surface area contributed by atoms with Crippen LogP contribution < -0.4 is 5.32 Å². The van der Waals surface area contributed by atoms with Gasteiger partial charge in [-0.25, -0.2) is 4.98 Å². The number of rotatable bonds is 5. The molecule has 0 spiro atoms. The van der Waals surface area contributed by atoms with E-state index in [1.165, 1.54) is 19.3 Å². The molecule has 3 rings (SSSR count). The Bertz CT molecular complexity index is 680. The molecule has 0 aliphatic heterocycles. The molecule has 1 heterocycles. The minimum Gasteiger partial charge on any atom is -0.368 e. The van der Waals surface area contributed by atoms with E-state index in [4.69, 9.17) is 4.74 Å². The summed E-state index contributed by atoms with van der Waals surface area (Å²) in [5.74, 6) is 1.33. The quantitative estimate of drug-likeness (QED) is 0.923. The van der Waals surface area contributed by atoms with E-state index in [-0.39, 0.29) is 18.6 Å². The van der Waals surface area contributed by atoms with E-state index in [0.29, 0.717) is 12.5 Å². The Balaban J connectivity index is 1.51. The van der Waals surface area contributed by atoms with Crippen molar-refractivity contribution in [2.24, 2.45) is 13.0 Å². The summed E-state index contributed by atoms with van der Waals surface area (Å²) in [4.78, 5) is 16.6. The van der Waals surface area contributed by atoms with Crippen LogP contribution in [-0.4, -0.2) is 28.2 Å². The number of fused-ring (bicyclic) bond motifs is 1. The second-order valence-electron chi connectivity index (χ2n) is 6.46. The van der Waals surface area contributed by atoms with Crippen LogP contribution in [0.4, 0.5) is 0 Å². The smallest absolute Gasteiger partial charge is 0.246 e. The first-order valence-corrected chi connectivity index (χ1v) is 8.44. The fourth-order valence-corrected chi connectivity index (χ4v) is 3.29. The van der Waals surface area contributed by atoms with E-state index in [9.17, 15) is 4.79 Å². The number of nitrogens with zero attached hydrogens (tertiary/aromatic N) is 2. The first-order chi connectivity index (χ1) is 11.1. The Morgan fingerprint density at radius 3 is 2.91 bits per heavy atom. The second kappa shape index (κ2) is 7.13. The molecule has 2 aromatic rings. The highest BCUT2D eigenvalue weighted by atomic mass is 16.5. The largest absolute Gasteiger partial charge is 0.368 e. The molecule has 1 amide bonds. The number of imidazole rings is 1. The van der Waals surface area contributed by atoms with Gasteiger partial charge in [0.15, 0.2) is 0 Å². The van der Waals surface area contributed by atoms with Crippen molar-refractivity contribution in [3.8, 4) is 0 Å². The maximum Gasteiger partial charge on any atom is 0.246 e. The summed E-state index contributed by atoms with van der Waals surface area (Å²) in [6.45, 7) is 2.77. The number of hydrogen-bond donors (Lipinski definition) is 1. The number of ether oxygens (including phenoxy) is 1. The molecule has 0 saturated heterocycles. The maximum atomic E-state index is 12.0. The molecule has 1 aliphatic rings. The lowest BCUT2D eigenvalue weighted by molar-refractivity contribution is -0.129. The summed E-state index contributed by atoms with van der Waals surface area (Å²) in [6, 6.07) is 7.97. The van der Waals surface area contributed by atoms with Gasteiger partial charge in [0.2, 0.25) is 5.91 Å². The number of carbonyl (C=O) groups is 1. The van der Waals surface area contributed by atoms with Gasteiger partial charge in [-0.3, -0.25) is 4.79 Å². The first-order valence-electron chi connectivity index (χ1n) is 8.44. The first kappa shape index (κ1) is 16.0. The molecule has 1 aliphatic carbocycles. The average molecular weight is 315 g/mol. The third-order valence-corrected chi connectivity index (χ3v) is 4.78. The van der Waals surface area contributed by atoms with Crippen molar-refractivity contribution in [2.75, 3.05) is 6.61 Å². The van der Waals surface area contributed by atoms with Gasteiger partial charge < -0.3 is 14.6 Å². The molecule has 1 saturated carbocycles. The molecule has 124 valence electrons. The van der Waals surface area contributed by atoms with Crippen molar-refractivity contribution in [2.45, 2.75) is 45.3 Å². The number of para-hydroxylation sites is 2. The molecule has 1 N–H and O–H groups in total. The Hall–Kier alpha value is -1.88. The minimum absolute atomic E-state index is 0.0742. The van der Waals surface area contributed by atoms with Gasteiger partial charge in [0.25, 0.3) is 0 Å². The number of carbonyl (C=O) groups excluding carboxylic acids is 1. The fraction of sp³-hybridized carbons (Fsp3) is 0.556. The van der Waals surface area contributed by atoms with E-state index in [0.717, 1.165) is 23.3 Å². The van der Waals surface area contributed by atoms with Gasteiger partial charge in [-0.05, 0) is 30.9 Å². The van der Waals surface area contributed by atoms with Crippen molar-refractivity contribution < 1.29 is 9.53 Å². The van der Waals surface area contributed by atoms with Crippen molar-refractivity contribution in [3.05, 3.63) is 30.1 Å². The molecule has 5 nitrogen and oxygen atoms in total. The minimum atomic E-state index is -0.0742. The molecule has 1 aromatic heterocycles. The zero-order valence-electron chi connectivity index (χ0n) is 13.9. The standard InChI is InChI=1S/C18H25N3O2/c1-13-7-3-6-10-16(13)23-12-18(22)19-11-17-20-14-8-4-5-9-15(14)21(17)2/h4-5,8-9,13,16H,3,6-7,10-12H2,1-2H3,(H,19,22)/t13-,16-/m0/s1. The van der Waals surface area contributed by atoms with Crippen LogP contribution in [0.25, 0.3) is 11.0 Å². The van der Waals surface area contributed by atoms with Gasteiger partial charge >= 0.3 is 0 Å². The highest BCUT2D eigenvalue weighted by Gasteiger charge is 2.22. The lowest BCUT2D eigenvalue weighted by Gasteiger charge is -2.28. The third kappa shape index (κ3) is 3.72. The van der Waals surface area contributed by atoms with Crippen LogP contribution >= 0.6 is 0 Å². The van der Waals surface area contributed by atoms with Crippen molar-refractivity contribution in [1.29, 1.82) is 0 Å². The summed E-state index contributed by atoms with van der Waals surface area (Å²) < 4.78 is 7.81. The Morgan fingerprint density at radius 1 is 1.35 bits per heavy atom. The van der Waals surface area contributed by atoms with Gasteiger partial charge in [-0.15, -0.1) is 0 Å². The zero-order chi connectivity index (χ0) is 16.2. The Kier molecular flexibility index (Phi) is 4.96. The zero-order valence-corrected chi connectivity index (χ0v) is 13.9. The molecular formula is C18H25N3O2. The van der Waals surface area contributed by atoms with E-state index >= 15 is 0 Å². The Labute approximate surface area is 137 Å². The molecule has 5 heteroatoms. The van der Waals surface area contributed by atoms with Crippen molar-refractivity contribution >= 4 is 16.9 Å². The van der Waals surface area contributed by atoms with E-state index in [1.807, 2.05) is 35.9 Å². The van der Waals surface area contributed by atoms with Crippen LogP contribution in [0.15, 0.2) is 24.3 Å². The second-order valence-corrected chi connectivity index (χ2v) is 6.46. The number of nitrogens with one attached hydrogen (secondary N) is 1. The van der Waals surface area contributed by atoms with E-state index in [1.54, 1.807) is 0 Å². The van der Waals surface area contributed by atoms with Gasteiger partial charge in [-0.1, -0.05) is 31.9 Å². The number of benzene rings is 1. The van der Waals surface area contributed by atoms with Gasteiger partial charge in [0.05, 0.1) is 23.7 Å². The van der Waals surface area contributed by atoms with Gasteiger partial charge in [0.1, 0.15) is 12.4 Å². The normalized spacial score (nSPS) is 21.5. The topological polar surface area (TPSA) is 56.1 Å². The van der Waals surface area contributed by atoms with Crippen molar-refractivity contribution in [1.82, 2.24) is 14.9 Å². The SMILES string of the molecule is C[C@H]1CCCC[C@@H]1OCC(=O)NCc1nc2ccccc2n1C. The number of aryl methyl sites for hydroxylation is 1. The Morgan fingerprint density at radius 2 is 2.13 bits per heavy atom. The van der Waals surface area contributed by atoms with Crippen LogP contribution in [0.1, 0.15) is 38.4 Å². The molecule has 1 fully saturated rings. The fourth-order valence-electron chi connectivity index (χ4n) is 3.29. The van der Waals surface area contributed by atoms with Crippen LogP contribution in [0, 0.1) is 5.92 Å². The van der Waals surface area contributed by atoms with Crippen LogP contribution in [0.5, 0.6) is 0 Å². The molecular weight excluding hydrogens is 290 g/mol. The molecule has 0 bridgehead atoms. The number of amides is 1. The highest BCUT2D eigenvalue weighted by molar-refractivity contribution is 5.78. The van der Waals surface area contributed by atoms with E-state index in [2.05, 4.69) is 17.2 Å². The summed E-state index contributed by atoms with van der Waals surface area (Å²) in [5, 5.41) is 2.91. The predicted molar refractivity (Wildman–Crippen MR) is 89.9 cm³/mol. The third-order valence-electron chi connectivity index (χ3n) is 4.78. The number of hydrogen-bond acceptors (Lipinski definition) is 3. The van der Waals surface area contributed by atoms with Gasteiger partial charge in [0, 0.05) is 7.05 Å². The summed E-state index contributed by atoms with van der Waals surface area (Å²) in [5.41, 5.74) is 2.02. The van der Waals surface area contributed by atoms with E-state index < -0.39 is 0 Å². The molecule has 0 unspecified atom stereocenters. The maximum absolute atomic E-state index is 12.0. The van der Waals surface area contributed by atoms with Gasteiger partial charge in [-0.2, -0.15) is 0 Å². The predicted octanol–water partition coefficient (Wildman–Crippen LogP) is 2.78. The average Bonchev–Trinajstić information content (AvgIpc) is 2.89. The van der Waals surface area contributed by atoms with Crippen LogP contribution in [0.2, 0.25) is 0 Å². The van der Waals surface area contributed by atoms with Crippen LogP contribution in [0.3, 0.4) is 0 Å². The molecule has 1 aromatic carbocycles. The summed E-state index contributed by atoms with van der Waals surface area (Å²) in [6.07, 6.45) is 4.98. The monoisotopic (exact) mass is 315 g/mol. The molecule has 2 atom stereocenters. The van der Waals surface area contributed by atoms with Crippen LogP contribution in [-0.2, 0) is 23.1 Å². The molecule has 23 heavy (non-hydrogen) atoms. The number of aromatic nitrogens is 2. The highest BCUT2D eigenvalue weighted by Crippen LogP contribution is 2.26. The summed E-state index contributed by atoms with van der Waals surface area (Å²) >= 11 is 0. The summed E-state index contributed by atoms with van der Waals surface area (Å²) in [7, 11) is 1.97.